The zero-order valence-electron chi connectivity index (χ0n) is 23.7. The molecule has 3 heterocycles. The van der Waals surface area contributed by atoms with Gasteiger partial charge in [-0.2, -0.15) is 0 Å². The van der Waals surface area contributed by atoms with Crippen molar-refractivity contribution in [1.29, 1.82) is 0 Å². The van der Waals surface area contributed by atoms with E-state index < -0.39 is 15.7 Å². The molecule has 2 aromatic heterocycles. The Kier molecular flexibility index (Phi) is 8.79. The van der Waals surface area contributed by atoms with Gasteiger partial charge < -0.3 is 15.4 Å². The molecule has 2 N–H and O–H groups in total. The van der Waals surface area contributed by atoms with Gasteiger partial charge in [0.25, 0.3) is 0 Å². The number of fused-ring (bicyclic) bond motifs is 1. The third-order valence-electron chi connectivity index (χ3n) is 7.30. The number of hydrogen-bond acceptors (Lipinski definition) is 8. The molecule has 0 unspecified atom stereocenters. The highest BCUT2D eigenvalue weighted by molar-refractivity contribution is 7.90. The lowest BCUT2D eigenvalue weighted by Gasteiger charge is -2.23. The number of anilines is 1. The summed E-state index contributed by atoms with van der Waals surface area (Å²) in [6, 6.07) is 12.3. The summed E-state index contributed by atoms with van der Waals surface area (Å²) in [7, 11) is -3.50. The van der Waals surface area contributed by atoms with Gasteiger partial charge in [0.15, 0.2) is 9.84 Å². The second-order valence-corrected chi connectivity index (χ2v) is 13.2. The maximum absolute atomic E-state index is 15.1. The Hall–Kier alpha value is -3.63. The highest BCUT2D eigenvalue weighted by atomic mass is 32.2. The molecule has 0 bridgehead atoms. The Labute approximate surface area is 240 Å². The fourth-order valence-electron chi connectivity index (χ4n) is 5.01. The van der Waals surface area contributed by atoms with Crippen LogP contribution in [-0.2, 0) is 15.6 Å². The number of ether oxygens (including phenoxy) is 1. The minimum Gasteiger partial charge on any atom is -0.437 e. The molecule has 5 rings (SSSR count). The van der Waals surface area contributed by atoms with Crippen LogP contribution >= 0.6 is 0 Å². The summed E-state index contributed by atoms with van der Waals surface area (Å²) in [5, 5.41) is 7.91. The number of nitrogens with one attached hydrogen (secondary N) is 2. The van der Waals surface area contributed by atoms with Crippen molar-refractivity contribution in [3.63, 3.8) is 0 Å². The summed E-state index contributed by atoms with van der Waals surface area (Å²) in [5.74, 6) is 0.696. The molecule has 1 aliphatic rings. The Morgan fingerprint density at radius 2 is 1.93 bits per heavy atom. The summed E-state index contributed by atoms with van der Waals surface area (Å²) < 4.78 is 47.2. The van der Waals surface area contributed by atoms with Gasteiger partial charge in [0, 0.05) is 35.9 Å². The van der Waals surface area contributed by atoms with Crippen molar-refractivity contribution in [1.82, 2.24) is 20.3 Å². The highest BCUT2D eigenvalue weighted by Crippen LogP contribution is 2.38. The molecule has 10 heteroatoms. The summed E-state index contributed by atoms with van der Waals surface area (Å²) in [4.78, 5) is 13.6. The largest absolute Gasteiger partial charge is 0.437 e. The van der Waals surface area contributed by atoms with Gasteiger partial charge in [-0.25, -0.2) is 27.8 Å². The van der Waals surface area contributed by atoms with Gasteiger partial charge in [-0.05, 0) is 79.9 Å². The van der Waals surface area contributed by atoms with Crippen molar-refractivity contribution in [3.05, 3.63) is 71.8 Å². The molecule has 0 radical (unpaired) electrons. The normalized spacial score (nSPS) is 15.8. The van der Waals surface area contributed by atoms with Gasteiger partial charge >= 0.3 is 0 Å². The summed E-state index contributed by atoms with van der Waals surface area (Å²) in [6.07, 6.45) is 6.01. The van der Waals surface area contributed by atoms with Crippen LogP contribution in [-0.4, -0.2) is 48.3 Å². The number of aromatic nitrogens is 3. The Balaban J connectivity index is 1.48. The fraction of sp³-hybridized carbons (Fsp3) is 0.387. The molecule has 1 atom stereocenters. The van der Waals surface area contributed by atoms with Crippen LogP contribution in [0.25, 0.3) is 22.0 Å². The maximum atomic E-state index is 15.1. The summed E-state index contributed by atoms with van der Waals surface area (Å²) in [6.45, 7) is 7.71. The van der Waals surface area contributed by atoms with Crippen molar-refractivity contribution in [3.8, 4) is 22.9 Å². The van der Waals surface area contributed by atoms with Crippen molar-refractivity contribution in [2.24, 2.45) is 5.92 Å². The smallest absolute Gasteiger partial charge is 0.228 e. The van der Waals surface area contributed by atoms with Crippen LogP contribution in [0.1, 0.15) is 44.2 Å². The van der Waals surface area contributed by atoms with E-state index in [0.717, 1.165) is 31.5 Å². The average Bonchev–Trinajstić information content (AvgIpc) is 2.96. The number of piperidine rings is 1. The lowest BCUT2D eigenvalue weighted by Crippen LogP contribution is -2.38. The molecule has 0 spiro atoms. The molecule has 2 aromatic carbocycles. The number of sulfone groups is 1. The van der Waals surface area contributed by atoms with Gasteiger partial charge in [-0.15, -0.1) is 0 Å². The molecule has 1 saturated heterocycles. The predicted octanol–water partition coefficient (Wildman–Crippen LogP) is 6.06. The van der Waals surface area contributed by atoms with Crippen LogP contribution < -0.4 is 15.4 Å². The first-order valence-electron chi connectivity index (χ1n) is 14.0. The van der Waals surface area contributed by atoms with Crippen molar-refractivity contribution in [2.75, 3.05) is 24.2 Å². The first-order valence-corrected chi connectivity index (χ1v) is 15.9. The number of hydrogen-bond donors (Lipinski definition) is 2. The number of nitrogens with zero attached hydrogens (tertiary/aromatic N) is 3. The molecule has 0 amide bonds. The minimum absolute atomic E-state index is 0.0139. The Morgan fingerprint density at radius 3 is 2.71 bits per heavy atom. The number of pyridine rings is 1. The van der Waals surface area contributed by atoms with E-state index in [1.54, 1.807) is 30.6 Å². The predicted molar refractivity (Wildman–Crippen MR) is 160 cm³/mol. The zero-order chi connectivity index (χ0) is 29.0. The standard InChI is InChI=1S/C31H36FN5O3S/c1-20(2)13-17-41(38,39)19-26-23-9-8-21(3)29(24(23)10-11-27(26)32)40-30-25(7-5-15-34-30)28-12-16-35-31(37-28)36-22-6-4-14-33-18-22/h5,7-12,15-16,20,22,33H,4,6,13-14,17-19H2,1-3H3,(H,35,36,37)/t22-/m0/s1. The first kappa shape index (κ1) is 28.9. The molecule has 1 fully saturated rings. The topological polar surface area (TPSA) is 106 Å². The van der Waals surface area contributed by atoms with E-state index in [1.807, 2.05) is 39.0 Å². The van der Waals surface area contributed by atoms with Gasteiger partial charge in [0.1, 0.15) is 11.6 Å². The summed E-state index contributed by atoms with van der Waals surface area (Å²) in [5.41, 5.74) is 2.29. The van der Waals surface area contributed by atoms with Gasteiger partial charge in [0.05, 0.1) is 22.8 Å². The molecule has 0 aliphatic carbocycles. The van der Waals surface area contributed by atoms with Crippen molar-refractivity contribution >= 4 is 26.6 Å². The van der Waals surface area contributed by atoms with E-state index >= 15 is 4.39 Å². The molecule has 0 saturated carbocycles. The zero-order valence-corrected chi connectivity index (χ0v) is 24.5. The van der Waals surface area contributed by atoms with Crippen LogP contribution in [0, 0.1) is 18.7 Å². The van der Waals surface area contributed by atoms with Crippen LogP contribution in [0.15, 0.2) is 54.9 Å². The van der Waals surface area contributed by atoms with E-state index in [9.17, 15) is 8.42 Å². The third-order valence-corrected chi connectivity index (χ3v) is 8.89. The quantitative estimate of drug-likeness (QED) is 0.234. The number of halogens is 1. The van der Waals surface area contributed by atoms with Crippen molar-refractivity contribution in [2.45, 2.75) is 51.8 Å². The maximum Gasteiger partial charge on any atom is 0.228 e. The highest BCUT2D eigenvalue weighted by Gasteiger charge is 2.21. The Morgan fingerprint density at radius 1 is 1.10 bits per heavy atom. The molecule has 8 nitrogen and oxygen atoms in total. The molecule has 4 aromatic rings. The first-order chi connectivity index (χ1) is 19.7. The molecule has 216 valence electrons. The number of rotatable bonds is 10. The third kappa shape index (κ3) is 7.00. The molecular weight excluding hydrogens is 541 g/mol. The van der Waals surface area contributed by atoms with E-state index in [2.05, 4.69) is 20.6 Å². The van der Waals surface area contributed by atoms with Gasteiger partial charge in [-0.3, -0.25) is 0 Å². The molecule has 1 aliphatic heterocycles. The Bertz CT molecular complexity index is 1640. The van der Waals surface area contributed by atoms with E-state index in [4.69, 9.17) is 9.72 Å². The van der Waals surface area contributed by atoms with E-state index in [0.29, 0.717) is 46.0 Å². The fourth-order valence-corrected chi connectivity index (χ4v) is 6.72. The van der Waals surface area contributed by atoms with Crippen LogP contribution in [0.2, 0.25) is 0 Å². The monoisotopic (exact) mass is 577 g/mol. The number of aryl methyl sites for hydroxylation is 1. The van der Waals surface area contributed by atoms with E-state index in [-0.39, 0.29) is 29.0 Å². The lowest BCUT2D eigenvalue weighted by atomic mass is 10.0. The second-order valence-electron chi connectivity index (χ2n) is 11.0. The molecular formula is C31H36FN5O3S. The van der Waals surface area contributed by atoms with Gasteiger partial charge in [0.2, 0.25) is 11.8 Å². The van der Waals surface area contributed by atoms with Crippen LogP contribution in [0.4, 0.5) is 10.3 Å². The number of benzene rings is 2. The SMILES string of the molecule is Cc1ccc2c(CS(=O)(=O)CCC(C)C)c(F)ccc2c1Oc1ncccc1-c1ccnc(N[C@H]2CCCNC2)n1. The lowest BCUT2D eigenvalue weighted by molar-refractivity contribution is 0.466. The molecule has 41 heavy (non-hydrogen) atoms. The van der Waals surface area contributed by atoms with E-state index in [1.165, 1.54) is 6.07 Å². The van der Waals surface area contributed by atoms with Crippen LogP contribution in [0.3, 0.4) is 0 Å². The summed E-state index contributed by atoms with van der Waals surface area (Å²) >= 11 is 0. The minimum atomic E-state index is -3.50. The van der Waals surface area contributed by atoms with Crippen molar-refractivity contribution < 1.29 is 17.5 Å². The van der Waals surface area contributed by atoms with Gasteiger partial charge in [-0.1, -0.05) is 26.0 Å². The second kappa shape index (κ2) is 12.5. The average molecular weight is 578 g/mol. The van der Waals surface area contributed by atoms with Crippen LogP contribution in [0.5, 0.6) is 11.6 Å².